The highest BCUT2D eigenvalue weighted by Crippen LogP contribution is 2.28. The van der Waals surface area contributed by atoms with Gasteiger partial charge in [0.25, 0.3) is 0 Å². The first-order valence-corrected chi connectivity index (χ1v) is 5.51. The van der Waals surface area contributed by atoms with Crippen LogP contribution < -0.4 is 5.32 Å². The number of phenolic OH excluding ortho intramolecular Hbond substituents is 1. The van der Waals surface area contributed by atoms with E-state index in [1.54, 1.807) is 32.9 Å². The highest BCUT2D eigenvalue weighted by atomic mass is 16.6. The Balaban J connectivity index is 2.90. The maximum atomic E-state index is 11.6. The van der Waals surface area contributed by atoms with Crippen molar-refractivity contribution in [2.24, 2.45) is 0 Å². The summed E-state index contributed by atoms with van der Waals surface area (Å²) < 4.78 is 5.09. The van der Waals surface area contributed by atoms with Crippen LogP contribution in [0.4, 0.5) is 10.5 Å². The second-order valence-electron chi connectivity index (χ2n) is 4.77. The molecule has 5 heteroatoms. The van der Waals surface area contributed by atoms with E-state index in [4.69, 9.17) is 10.00 Å². The van der Waals surface area contributed by atoms with Gasteiger partial charge in [0.15, 0.2) is 0 Å². The molecule has 18 heavy (non-hydrogen) atoms. The third kappa shape index (κ3) is 3.98. The summed E-state index contributed by atoms with van der Waals surface area (Å²) in [6, 6.07) is 6.68. The van der Waals surface area contributed by atoms with Gasteiger partial charge in [-0.1, -0.05) is 12.1 Å². The number of hydrogen-bond donors (Lipinski definition) is 2. The van der Waals surface area contributed by atoms with Crippen LogP contribution in [0.25, 0.3) is 0 Å². The number of carbonyl (C=O) groups is 1. The number of carbonyl (C=O) groups excluding carboxylic acids is 1. The number of nitrogens with one attached hydrogen (secondary N) is 1. The lowest BCUT2D eigenvalue weighted by molar-refractivity contribution is 0.0635. The molecule has 1 amide bonds. The van der Waals surface area contributed by atoms with Gasteiger partial charge < -0.3 is 9.84 Å². The van der Waals surface area contributed by atoms with E-state index < -0.39 is 11.7 Å². The lowest BCUT2D eigenvalue weighted by Gasteiger charge is -2.20. The maximum Gasteiger partial charge on any atom is 0.412 e. The van der Waals surface area contributed by atoms with Crippen LogP contribution in [-0.2, 0) is 11.2 Å². The minimum Gasteiger partial charge on any atom is -0.506 e. The van der Waals surface area contributed by atoms with Crippen molar-refractivity contribution in [1.82, 2.24) is 0 Å². The quantitative estimate of drug-likeness (QED) is 0.788. The topological polar surface area (TPSA) is 82.3 Å². The van der Waals surface area contributed by atoms with Gasteiger partial charge in [0, 0.05) is 0 Å². The van der Waals surface area contributed by atoms with Crippen LogP contribution in [0.15, 0.2) is 18.2 Å². The Labute approximate surface area is 106 Å². The van der Waals surface area contributed by atoms with Crippen LogP contribution in [0.2, 0.25) is 0 Å². The predicted molar refractivity (Wildman–Crippen MR) is 67.3 cm³/mol. The first-order chi connectivity index (χ1) is 8.33. The number of phenols is 1. The fourth-order valence-corrected chi connectivity index (χ4v) is 1.37. The van der Waals surface area contributed by atoms with Crippen molar-refractivity contribution in [3.8, 4) is 11.8 Å². The van der Waals surface area contributed by atoms with Gasteiger partial charge in [0.2, 0.25) is 0 Å². The molecule has 0 bridgehead atoms. The molecule has 1 aromatic rings. The van der Waals surface area contributed by atoms with Crippen LogP contribution in [-0.4, -0.2) is 16.8 Å². The van der Waals surface area contributed by atoms with Crippen molar-refractivity contribution in [3.63, 3.8) is 0 Å². The molecule has 2 N–H and O–H groups in total. The smallest absolute Gasteiger partial charge is 0.412 e. The number of ether oxygens (including phenoxy) is 1. The second kappa shape index (κ2) is 5.41. The molecule has 0 aliphatic rings. The molecule has 0 spiro atoms. The maximum absolute atomic E-state index is 11.6. The molecule has 0 fully saturated rings. The Morgan fingerprint density at radius 3 is 2.72 bits per heavy atom. The number of rotatable bonds is 2. The van der Waals surface area contributed by atoms with E-state index in [-0.39, 0.29) is 17.9 Å². The van der Waals surface area contributed by atoms with Crippen LogP contribution in [0.3, 0.4) is 0 Å². The highest BCUT2D eigenvalue weighted by molar-refractivity contribution is 5.88. The van der Waals surface area contributed by atoms with E-state index in [0.717, 1.165) is 0 Å². The zero-order valence-electron chi connectivity index (χ0n) is 10.7. The number of para-hydroxylation sites is 1. The lowest BCUT2D eigenvalue weighted by Crippen LogP contribution is -2.27. The summed E-state index contributed by atoms with van der Waals surface area (Å²) in [6.45, 7) is 5.23. The Bertz CT molecular complexity index is 484. The number of anilines is 1. The summed E-state index contributed by atoms with van der Waals surface area (Å²) in [6.07, 6.45) is -0.567. The molecule has 0 aliphatic carbocycles. The highest BCUT2D eigenvalue weighted by Gasteiger charge is 2.18. The van der Waals surface area contributed by atoms with E-state index in [2.05, 4.69) is 5.32 Å². The van der Waals surface area contributed by atoms with Crippen LogP contribution >= 0.6 is 0 Å². The second-order valence-corrected chi connectivity index (χ2v) is 4.77. The summed E-state index contributed by atoms with van der Waals surface area (Å²) in [5.41, 5.74) is 0.140. The molecule has 0 saturated carbocycles. The van der Waals surface area contributed by atoms with E-state index in [0.29, 0.717) is 5.56 Å². The molecule has 1 aromatic carbocycles. The Kier molecular flexibility index (Phi) is 4.16. The standard InChI is InChI=1S/C13H16N2O3/c1-13(2,3)18-12(17)15-11-9(7-8-14)5-4-6-10(11)16/h4-6,16H,7H2,1-3H3,(H,15,17). The Morgan fingerprint density at radius 1 is 1.50 bits per heavy atom. The van der Waals surface area contributed by atoms with Crippen molar-refractivity contribution in [2.45, 2.75) is 32.8 Å². The summed E-state index contributed by atoms with van der Waals surface area (Å²) in [5.74, 6) is -0.0893. The van der Waals surface area contributed by atoms with Crippen molar-refractivity contribution in [1.29, 1.82) is 5.26 Å². The van der Waals surface area contributed by atoms with E-state index in [9.17, 15) is 9.90 Å². The SMILES string of the molecule is CC(C)(C)OC(=O)Nc1c(O)cccc1CC#N. The molecule has 5 nitrogen and oxygen atoms in total. The summed E-state index contributed by atoms with van der Waals surface area (Å²) >= 11 is 0. The van der Waals surface area contributed by atoms with E-state index in [1.807, 2.05) is 6.07 Å². The lowest BCUT2D eigenvalue weighted by atomic mass is 10.1. The zero-order valence-corrected chi connectivity index (χ0v) is 10.7. The minimum atomic E-state index is -0.664. The molecule has 0 aliphatic heterocycles. The fraction of sp³-hybridized carbons (Fsp3) is 0.385. The first kappa shape index (κ1) is 13.8. The molecule has 0 saturated heterocycles. The van der Waals surface area contributed by atoms with Crippen molar-refractivity contribution < 1.29 is 14.6 Å². The molecule has 0 atom stereocenters. The van der Waals surface area contributed by atoms with Crippen LogP contribution in [0, 0.1) is 11.3 Å². The monoisotopic (exact) mass is 248 g/mol. The van der Waals surface area contributed by atoms with Crippen molar-refractivity contribution in [3.05, 3.63) is 23.8 Å². The van der Waals surface area contributed by atoms with Crippen molar-refractivity contribution in [2.75, 3.05) is 5.32 Å². The van der Waals surface area contributed by atoms with Gasteiger partial charge in [-0.3, -0.25) is 5.32 Å². The molecule has 0 heterocycles. The van der Waals surface area contributed by atoms with Gasteiger partial charge in [-0.15, -0.1) is 0 Å². The molecule has 0 unspecified atom stereocenters. The van der Waals surface area contributed by atoms with Gasteiger partial charge in [-0.05, 0) is 32.4 Å². The molecular formula is C13H16N2O3. The Morgan fingerprint density at radius 2 is 2.17 bits per heavy atom. The summed E-state index contributed by atoms with van der Waals surface area (Å²) in [4.78, 5) is 11.6. The fourth-order valence-electron chi connectivity index (χ4n) is 1.37. The normalized spacial score (nSPS) is 10.6. The third-order valence-electron chi connectivity index (χ3n) is 2.02. The van der Waals surface area contributed by atoms with Crippen LogP contribution in [0.1, 0.15) is 26.3 Å². The largest absolute Gasteiger partial charge is 0.506 e. The summed E-state index contributed by atoms with van der Waals surface area (Å²) in [7, 11) is 0. The predicted octanol–water partition coefficient (Wildman–Crippen LogP) is 2.81. The van der Waals surface area contributed by atoms with Crippen LogP contribution in [0.5, 0.6) is 5.75 Å². The van der Waals surface area contributed by atoms with Gasteiger partial charge in [-0.25, -0.2) is 4.79 Å². The number of nitrogens with zero attached hydrogens (tertiary/aromatic N) is 1. The summed E-state index contributed by atoms with van der Waals surface area (Å²) in [5, 5.41) is 20.8. The average molecular weight is 248 g/mol. The number of amides is 1. The first-order valence-electron chi connectivity index (χ1n) is 5.51. The van der Waals surface area contributed by atoms with E-state index in [1.165, 1.54) is 6.07 Å². The molecule has 0 aromatic heterocycles. The molecular weight excluding hydrogens is 232 g/mol. The average Bonchev–Trinajstić information content (AvgIpc) is 2.21. The van der Waals surface area contributed by atoms with Gasteiger partial charge in [0.1, 0.15) is 11.4 Å². The third-order valence-corrected chi connectivity index (χ3v) is 2.02. The number of hydrogen-bond acceptors (Lipinski definition) is 4. The Hall–Kier alpha value is -2.22. The number of benzene rings is 1. The minimum absolute atomic E-state index is 0.0893. The zero-order chi connectivity index (χ0) is 13.8. The molecule has 96 valence electrons. The van der Waals surface area contributed by atoms with Gasteiger partial charge in [0.05, 0.1) is 18.2 Å². The van der Waals surface area contributed by atoms with Crippen molar-refractivity contribution >= 4 is 11.8 Å². The van der Waals surface area contributed by atoms with E-state index >= 15 is 0 Å². The van der Waals surface area contributed by atoms with Gasteiger partial charge in [-0.2, -0.15) is 5.26 Å². The number of aromatic hydroxyl groups is 1. The molecule has 0 radical (unpaired) electrons. The molecule has 1 rings (SSSR count). The number of nitriles is 1. The van der Waals surface area contributed by atoms with Gasteiger partial charge >= 0.3 is 6.09 Å².